The number of hydrogen-bond acceptors (Lipinski definition) is 5. The minimum Gasteiger partial charge on any atom is -0.457 e. The highest BCUT2D eigenvalue weighted by Gasteiger charge is 2.11. The topological polar surface area (TPSA) is 108 Å². The first-order valence-corrected chi connectivity index (χ1v) is 6.64. The van der Waals surface area contributed by atoms with E-state index in [0.29, 0.717) is 11.5 Å². The van der Waals surface area contributed by atoms with Gasteiger partial charge in [0.05, 0.1) is 5.56 Å². The maximum Gasteiger partial charge on any atom is 0.338 e. The number of hydrogen-bond donors (Lipinski definition) is 2. The highest BCUT2D eigenvalue weighted by atomic mass is 16.5. The third kappa shape index (κ3) is 5.16. The van der Waals surface area contributed by atoms with E-state index in [1.807, 2.05) is 18.2 Å². The number of carbonyl (C=O) groups excluding carboxylic acids is 3. The molecule has 0 atom stereocenters. The largest absolute Gasteiger partial charge is 0.457 e. The van der Waals surface area contributed by atoms with E-state index in [4.69, 9.17) is 15.2 Å². The molecule has 0 unspecified atom stereocenters. The summed E-state index contributed by atoms with van der Waals surface area (Å²) in [6.45, 7) is -0.593. The van der Waals surface area contributed by atoms with Crippen molar-refractivity contribution >= 4 is 17.9 Å². The van der Waals surface area contributed by atoms with Gasteiger partial charge < -0.3 is 15.2 Å². The Morgan fingerprint density at radius 1 is 0.913 bits per heavy atom. The van der Waals surface area contributed by atoms with E-state index in [-0.39, 0.29) is 5.56 Å². The summed E-state index contributed by atoms with van der Waals surface area (Å²) in [5.74, 6) is -0.268. The molecule has 0 aliphatic heterocycles. The Hall–Kier alpha value is -3.35. The molecule has 0 radical (unpaired) electrons. The molecule has 2 rings (SSSR count). The second kappa shape index (κ2) is 7.60. The molecule has 7 heteroatoms. The van der Waals surface area contributed by atoms with Crippen molar-refractivity contribution in [2.24, 2.45) is 5.73 Å². The summed E-state index contributed by atoms with van der Waals surface area (Å²) in [5.41, 5.74) is 5.01. The number of benzene rings is 2. The molecule has 2 aromatic carbocycles. The molecular weight excluding hydrogens is 300 g/mol. The molecular formula is C16H14N2O5. The van der Waals surface area contributed by atoms with Crippen LogP contribution in [0.4, 0.5) is 4.79 Å². The summed E-state index contributed by atoms with van der Waals surface area (Å²) < 4.78 is 10.3. The Labute approximate surface area is 132 Å². The number of rotatable bonds is 5. The Morgan fingerprint density at radius 3 is 2.13 bits per heavy atom. The van der Waals surface area contributed by atoms with Crippen molar-refractivity contribution in [3.63, 3.8) is 0 Å². The highest BCUT2D eigenvalue weighted by molar-refractivity contribution is 5.96. The standard InChI is InChI=1S/C16H14N2O5/c17-16(21)18-14(19)10-22-15(20)11-6-8-13(9-7-11)23-12-4-2-1-3-5-12/h1-9H,10H2,(H3,17,18,19,21). The van der Waals surface area contributed by atoms with Crippen molar-refractivity contribution in [1.29, 1.82) is 0 Å². The van der Waals surface area contributed by atoms with Crippen LogP contribution in [0.15, 0.2) is 54.6 Å². The van der Waals surface area contributed by atoms with E-state index in [0.717, 1.165) is 0 Å². The number of imide groups is 1. The normalized spacial score (nSPS) is 9.74. The Kier molecular flexibility index (Phi) is 5.30. The Morgan fingerprint density at radius 2 is 1.52 bits per heavy atom. The fourth-order valence-corrected chi connectivity index (χ4v) is 1.67. The van der Waals surface area contributed by atoms with Crippen LogP contribution in [-0.2, 0) is 9.53 Å². The second-order valence-electron chi connectivity index (χ2n) is 4.43. The number of para-hydroxylation sites is 1. The zero-order valence-electron chi connectivity index (χ0n) is 12.0. The summed E-state index contributed by atoms with van der Waals surface area (Å²) in [5, 5.41) is 1.79. The lowest BCUT2D eigenvalue weighted by molar-refractivity contribution is -0.123. The fourth-order valence-electron chi connectivity index (χ4n) is 1.67. The molecule has 0 aliphatic carbocycles. The number of urea groups is 1. The van der Waals surface area contributed by atoms with Gasteiger partial charge in [-0.3, -0.25) is 10.1 Å². The van der Waals surface area contributed by atoms with Gasteiger partial charge in [0.15, 0.2) is 6.61 Å². The van der Waals surface area contributed by atoms with Gasteiger partial charge in [-0.25, -0.2) is 9.59 Å². The van der Waals surface area contributed by atoms with Gasteiger partial charge in [-0.2, -0.15) is 0 Å². The van der Waals surface area contributed by atoms with Crippen LogP contribution in [-0.4, -0.2) is 24.5 Å². The Balaban J connectivity index is 1.90. The monoisotopic (exact) mass is 314 g/mol. The van der Waals surface area contributed by atoms with Crippen molar-refractivity contribution in [3.8, 4) is 11.5 Å². The smallest absolute Gasteiger partial charge is 0.338 e. The van der Waals surface area contributed by atoms with Crippen molar-refractivity contribution in [1.82, 2.24) is 5.32 Å². The third-order valence-corrected chi connectivity index (χ3v) is 2.67. The molecule has 0 saturated heterocycles. The molecule has 0 bridgehead atoms. The first-order valence-electron chi connectivity index (χ1n) is 6.64. The van der Waals surface area contributed by atoms with E-state index >= 15 is 0 Å². The summed E-state index contributed by atoms with van der Waals surface area (Å²) in [7, 11) is 0. The SMILES string of the molecule is NC(=O)NC(=O)COC(=O)c1ccc(Oc2ccccc2)cc1. The van der Waals surface area contributed by atoms with Crippen molar-refractivity contribution in [3.05, 3.63) is 60.2 Å². The van der Waals surface area contributed by atoms with Crippen LogP contribution in [0.3, 0.4) is 0 Å². The number of amides is 3. The predicted octanol–water partition coefficient (Wildman–Crippen LogP) is 1.83. The van der Waals surface area contributed by atoms with Crippen LogP contribution >= 0.6 is 0 Å². The molecule has 23 heavy (non-hydrogen) atoms. The zero-order valence-corrected chi connectivity index (χ0v) is 12.0. The van der Waals surface area contributed by atoms with Crippen molar-refractivity contribution in [2.45, 2.75) is 0 Å². The number of carbonyl (C=O) groups is 3. The third-order valence-electron chi connectivity index (χ3n) is 2.67. The van der Waals surface area contributed by atoms with Crippen LogP contribution in [0.1, 0.15) is 10.4 Å². The van der Waals surface area contributed by atoms with Gasteiger partial charge in [0.1, 0.15) is 11.5 Å². The van der Waals surface area contributed by atoms with Crippen LogP contribution in [0.25, 0.3) is 0 Å². The zero-order chi connectivity index (χ0) is 16.7. The van der Waals surface area contributed by atoms with Gasteiger partial charge in [-0.1, -0.05) is 18.2 Å². The van der Waals surface area contributed by atoms with Crippen LogP contribution < -0.4 is 15.8 Å². The molecule has 0 spiro atoms. The molecule has 0 fully saturated rings. The minimum atomic E-state index is -1.01. The number of esters is 1. The number of primary amides is 1. The molecule has 0 aromatic heterocycles. The number of ether oxygens (including phenoxy) is 2. The Bertz CT molecular complexity index is 698. The lowest BCUT2D eigenvalue weighted by Crippen LogP contribution is -2.37. The van der Waals surface area contributed by atoms with E-state index in [9.17, 15) is 14.4 Å². The van der Waals surface area contributed by atoms with Gasteiger partial charge in [0, 0.05) is 0 Å². The van der Waals surface area contributed by atoms with Gasteiger partial charge in [0.25, 0.3) is 5.91 Å². The summed E-state index contributed by atoms with van der Waals surface area (Å²) in [4.78, 5) is 33.3. The minimum absolute atomic E-state index is 0.247. The first-order chi connectivity index (χ1) is 11.0. The van der Waals surface area contributed by atoms with Crippen LogP contribution in [0, 0.1) is 0 Å². The maximum absolute atomic E-state index is 11.7. The lowest BCUT2D eigenvalue weighted by Gasteiger charge is -2.07. The molecule has 3 N–H and O–H groups in total. The van der Waals surface area contributed by atoms with Gasteiger partial charge >= 0.3 is 12.0 Å². The van der Waals surface area contributed by atoms with E-state index in [1.165, 1.54) is 12.1 Å². The van der Waals surface area contributed by atoms with Crippen molar-refractivity contribution in [2.75, 3.05) is 6.61 Å². The summed E-state index contributed by atoms with van der Waals surface area (Å²) >= 11 is 0. The average Bonchev–Trinajstić information content (AvgIpc) is 2.54. The van der Waals surface area contributed by atoms with Crippen molar-refractivity contribution < 1.29 is 23.9 Å². The van der Waals surface area contributed by atoms with Gasteiger partial charge in [-0.15, -0.1) is 0 Å². The van der Waals surface area contributed by atoms with Gasteiger partial charge in [-0.05, 0) is 36.4 Å². The summed E-state index contributed by atoms with van der Waals surface area (Å²) in [6, 6.07) is 14.4. The number of nitrogens with two attached hydrogens (primary N) is 1. The first kappa shape index (κ1) is 16.0. The number of nitrogens with one attached hydrogen (secondary N) is 1. The fraction of sp³-hybridized carbons (Fsp3) is 0.0625. The molecule has 118 valence electrons. The highest BCUT2D eigenvalue weighted by Crippen LogP contribution is 2.21. The van der Waals surface area contributed by atoms with E-state index < -0.39 is 24.5 Å². The molecule has 0 heterocycles. The lowest BCUT2D eigenvalue weighted by atomic mass is 10.2. The second-order valence-corrected chi connectivity index (χ2v) is 4.43. The van der Waals surface area contributed by atoms with E-state index in [1.54, 1.807) is 29.6 Å². The molecule has 0 aliphatic rings. The predicted molar refractivity (Wildman–Crippen MR) is 81.0 cm³/mol. The summed E-state index contributed by atoms with van der Waals surface area (Å²) in [6.07, 6.45) is 0. The van der Waals surface area contributed by atoms with Crippen LogP contribution in [0.2, 0.25) is 0 Å². The molecule has 0 saturated carbocycles. The molecule has 3 amide bonds. The maximum atomic E-state index is 11.7. The van der Waals surface area contributed by atoms with Gasteiger partial charge in [0.2, 0.25) is 0 Å². The quantitative estimate of drug-likeness (QED) is 0.819. The van der Waals surface area contributed by atoms with Crippen LogP contribution in [0.5, 0.6) is 11.5 Å². The van der Waals surface area contributed by atoms with E-state index in [2.05, 4.69) is 0 Å². The molecule has 7 nitrogen and oxygen atoms in total. The molecule has 2 aromatic rings. The average molecular weight is 314 g/mol.